The van der Waals surface area contributed by atoms with Crippen molar-refractivity contribution in [3.05, 3.63) is 11.1 Å². The minimum Gasteiger partial charge on any atom is -0.444 e. The number of oxime groups is 1. The van der Waals surface area contributed by atoms with Gasteiger partial charge in [0.05, 0.1) is 6.04 Å². The van der Waals surface area contributed by atoms with E-state index in [9.17, 15) is 14.4 Å². The average molecular weight is 397 g/mol. The second kappa shape index (κ2) is 8.80. The Bertz CT molecular complexity index is 727. The molecule has 1 unspecified atom stereocenters. The molecule has 1 fully saturated rings. The number of alkyl carbamates (subject to hydrolysis) is 1. The number of hydrogen-bond donors (Lipinski definition) is 2. The fourth-order valence-corrected chi connectivity index (χ4v) is 3.13. The zero-order chi connectivity index (χ0) is 20.0. The van der Waals surface area contributed by atoms with E-state index < -0.39 is 11.7 Å². The predicted molar refractivity (Wildman–Crippen MR) is 99.7 cm³/mol. The molecule has 0 aromatic carbocycles. The van der Waals surface area contributed by atoms with Gasteiger partial charge in [-0.15, -0.1) is 11.3 Å². The van der Waals surface area contributed by atoms with Gasteiger partial charge in [-0.05, 0) is 27.2 Å². The Hall–Kier alpha value is -2.69. The molecule has 27 heavy (non-hydrogen) atoms. The molecule has 148 valence electrons. The normalized spacial score (nSPS) is 17.4. The second-order valence-corrected chi connectivity index (χ2v) is 7.66. The van der Waals surface area contributed by atoms with E-state index in [1.807, 2.05) is 0 Å². The molecule has 0 aliphatic carbocycles. The molecule has 11 heteroatoms. The molecular formula is C16H23N5O5S. The maximum Gasteiger partial charge on any atom is 0.407 e. The van der Waals surface area contributed by atoms with Crippen LogP contribution in [-0.2, 0) is 19.2 Å². The molecule has 2 N–H and O–H groups in total. The topological polar surface area (TPSA) is 122 Å². The Balaban J connectivity index is 2.01. The van der Waals surface area contributed by atoms with Gasteiger partial charge in [-0.25, -0.2) is 9.78 Å². The van der Waals surface area contributed by atoms with Crippen LogP contribution in [-0.4, -0.2) is 65.8 Å². The number of nitrogens with one attached hydrogen (secondary N) is 2. The number of rotatable bonds is 6. The number of carbonyl (C=O) groups excluding carboxylic acids is 3. The van der Waals surface area contributed by atoms with Crippen LogP contribution in [0.2, 0.25) is 0 Å². The van der Waals surface area contributed by atoms with Crippen LogP contribution in [0.3, 0.4) is 0 Å². The van der Waals surface area contributed by atoms with Gasteiger partial charge < -0.3 is 25.1 Å². The third-order valence-corrected chi connectivity index (χ3v) is 4.28. The molecule has 0 bridgehead atoms. The zero-order valence-electron chi connectivity index (χ0n) is 15.6. The van der Waals surface area contributed by atoms with Crippen LogP contribution in [0.5, 0.6) is 0 Å². The summed E-state index contributed by atoms with van der Waals surface area (Å²) in [7, 11) is 1.33. The first-order valence-electron chi connectivity index (χ1n) is 8.29. The van der Waals surface area contributed by atoms with E-state index in [0.717, 1.165) is 0 Å². The molecule has 1 aliphatic heterocycles. The summed E-state index contributed by atoms with van der Waals surface area (Å²) >= 11 is 1.17. The van der Waals surface area contributed by atoms with Crippen LogP contribution < -0.4 is 10.6 Å². The first-order chi connectivity index (χ1) is 12.7. The molecule has 10 nitrogen and oxygen atoms in total. The highest BCUT2D eigenvalue weighted by Crippen LogP contribution is 2.18. The van der Waals surface area contributed by atoms with Crippen LogP contribution in [0.15, 0.2) is 10.5 Å². The van der Waals surface area contributed by atoms with Gasteiger partial charge in [0.2, 0.25) is 6.41 Å². The number of anilines is 1. The third kappa shape index (κ3) is 5.91. The number of likely N-dealkylation sites (tertiary alicyclic amines) is 1. The van der Waals surface area contributed by atoms with Gasteiger partial charge >= 0.3 is 6.09 Å². The van der Waals surface area contributed by atoms with E-state index in [1.54, 1.807) is 31.1 Å². The second-order valence-electron chi connectivity index (χ2n) is 6.81. The quantitative estimate of drug-likeness (QED) is 0.422. The van der Waals surface area contributed by atoms with Crippen molar-refractivity contribution in [1.29, 1.82) is 0 Å². The van der Waals surface area contributed by atoms with Crippen LogP contribution in [0, 0.1) is 0 Å². The number of amides is 3. The van der Waals surface area contributed by atoms with Crippen LogP contribution in [0.4, 0.5) is 9.93 Å². The largest absolute Gasteiger partial charge is 0.444 e. The summed E-state index contributed by atoms with van der Waals surface area (Å²) in [6.07, 6.45) is 0.585. The van der Waals surface area contributed by atoms with Gasteiger partial charge in [0.15, 0.2) is 10.8 Å². The third-order valence-electron chi connectivity index (χ3n) is 3.51. The summed E-state index contributed by atoms with van der Waals surface area (Å²) in [5, 5.41) is 10.9. The smallest absolute Gasteiger partial charge is 0.407 e. The first-order valence-corrected chi connectivity index (χ1v) is 9.17. The summed E-state index contributed by atoms with van der Waals surface area (Å²) in [4.78, 5) is 45.7. The van der Waals surface area contributed by atoms with Crippen molar-refractivity contribution in [2.75, 3.05) is 25.5 Å². The molecule has 1 atom stereocenters. The fraction of sp³-hybridized carbons (Fsp3) is 0.562. The van der Waals surface area contributed by atoms with E-state index in [2.05, 4.69) is 20.8 Å². The minimum atomic E-state index is -0.589. The van der Waals surface area contributed by atoms with E-state index in [-0.39, 0.29) is 17.7 Å². The number of nitrogens with zero attached hydrogens (tertiary/aromatic N) is 3. The molecule has 3 amide bonds. The number of ether oxygens (including phenoxy) is 1. The Morgan fingerprint density at radius 2 is 2.19 bits per heavy atom. The predicted octanol–water partition coefficient (Wildman–Crippen LogP) is 1.19. The zero-order valence-corrected chi connectivity index (χ0v) is 16.5. The van der Waals surface area contributed by atoms with E-state index in [4.69, 9.17) is 9.57 Å². The van der Waals surface area contributed by atoms with Gasteiger partial charge in [-0.2, -0.15) is 0 Å². The van der Waals surface area contributed by atoms with E-state index >= 15 is 0 Å². The highest BCUT2D eigenvalue weighted by molar-refractivity contribution is 7.14. The molecule has 1 aliphatic rings. The Kier molecular flexibility index (Phi) is 6.72. The van der Waals surface area contributed by atoms with E-state index in [1.165, 1.54) is 18.4 Å². The number of aromatic nitrogens is 1. The monoisotopic (exact) mass is 397 g/mol. The lowest BCUT2D eigenvalue weighted by atomic mass is 10.2. The highest BCUT2D eigenvalue weighted by atomic mass is 32.1. The van der Waals surface area contributed by atoms with Crippen LogP contribution in [0.25, 0.3) is 0 Å². The van der Waals surface area contributed by atoms with Crippen LogP contribution in [0.1, 0.15) is 32.9 Å². The van der Waals surface area contributed by atoms with Crippen molar-refractivity contribution in [2.24, 2.45) is 5.16 Å². The molecule has 2 heterocycles. The van der Waals surface area contributed by atoms with Crippen molar-refractivity contribution < 1.29 is 24.0 Å². The van der Waals surface area contributed by atoms with Gasteiger partial charge in [0, 0.05) is 18.5 Å². The lowest BCUT2D eigenvalue weighted by Gasteiger charge is -2.22. The van der Waals surface area contributed by atoms with Gasteiger partial charge in [-0.3, -0.25) is 9.59 Å². The number of thiazole rings is 1. The summed E-state index contributed by atoms with van der Waals surface area (Å²) in [6, 6.07) is -0.213. The standard InChI is InChI=1S/C16H23N5O5S/c1-16(2,3)26-15(24)18-10-5-6-21(7-10)13(23)12(20-25-4)11-8-27-14(19-11)17-9-22/h8-10H,5-7H2,1-4H3,(H,18,24)(H,17,19,22)/b20-12+. The number of hydrogen-bond acceptors (Lipinski definition) is 8. The van der Waals surface area contributed by atoms with Crippen molar-refractivity contribution >= 4 is 40.6 Å². The minimum absolute atomic E-state index is 0.0330. The summed E-state index contributed by atoms with van der Waals surface area (Å²) in [5.41, 5.74) is -0.251. The first kappa shape index (κ1) is 20.6. The summed E-state index contributed by atoms with van der Waals surface area (Å²) in [5.74, 6) is -0.367. The molecule has 1 aromatic rings. The molecule has 1 saturated heterocycles. The summed E-state index contributed by atoms with van der Waals surface area (Å²) in [6.45, 7) is 6.13. The Morgan fingerprint density at radius 1 is 1.44 bits per heavy atom. The summed E-state index contributed by atoms with van der Waals surface area (Å²) < 4.78 is 5.24. The van der Waals surface area contributed by atoms with Crippen molar-refractivity contribution in [2.45, 2.75) is 38.8 Å². The molecule has 0 radical (unpaired) electrons. The van der Waals surface area contributed by atoms with Gasteiger partial charge in [0.25, 0.3) is 5.91 Å². The Morgan fingerprint density at radius 3 is 2.81 bits per heavy atom. The van der Waals surface area contributed by atoms with Gasteiger partial charge in [0.1, 0.15) is 18.4 Å². The average Bonchev–Trinajstić information content (AvgIpc) is 3.20. The molecule has 0 spiro atoms. The number of carbonyl (C=O) groups is 3. The maximum absolute atomic E-state index is 12.8. The van der Waals surface area contributed by atoms with Crippen molar-refractivity contribution in [1.82, 2.24) is 15.2 Å². The van der Waals surface area contributed by atoms with Crippen molar-refractivity contribution in [3.8, 4) is 0 Å². The molecule has 0 saturated carbocycles. The fourth-order valence-electron chi connectivity index (χ4n) is 2.47. The molecular weight excluding hydrogens is 374 g/mol. The highest BCUT2D eigenvalue weighted by Gasteiger charge is 2.32. The van der Waals surface area contributed by atoms with Crippen molar-refractivity contribution in [3.63, 3.8) is 0 Å². The molecule has 1 aromatic heterocycles. The lowest BCUT2D eigenvalue weighted by Crippen LogP contribution is -2.42. The van der Waals surface area contributed by atoms with Crippen LogP contribution >= 0.6 is 11.3 Å². The lowest BCUT2D eigenvalue weighted by molar-refractivity contribution is -0.123. The van der Waals surface area contributed by atoms with Gasteiger partial charge in [-0.1, -0.05) is 5.16 Å². The Labute approximate surface area is 160 Å². The SMILES string of the molecule is CO/N=C(/C(=O)N1CCC(NC(=O)OC(C)(C)C)C1)c1csc(NC=O)n1. The van der Waals surface area contributed by atoms with E-state index in [0.29, 0.717) is 36.7 Å². The molecule has 2 rings (SSSR count). The maximum atomic E-state index is 12.8.